The van der Waals surface area contributed by atoms with E-state index in [2.05, 4.69) is 13.8 Å². The molecule has 2 unspecified atom stereocenters. The van der Waals surface area contributed by atoms with E-state index in [4.69, 9.17) is 22.1 Å². The van der Waals surface area contributed by atoms with Gasteiger partial charge < -0.3 is 10.5 Å². The molecule has 0 saturated heterocycles. The van der Waals surface area contributed by atoms with E-state index in [0.29, 0.717) is 18.4 Å². The minimum Gasteiger partial charge on any atom is -0.496 e. The highest BCUT2D eigenvalue weighted by atomic mass is 35.5. The van der Waals surface area contributed by atoms with Crippen molar-refractivity contribution in [2.75, 3.05) is 13.7 Å². The van der Waals surface area contributed by atoms with E-state index in [9.17, 15) is 0 Å². The average Bonchev–Trinajstić information content (AvgIpc) is 2.28. The summed E-state index contributed by atoms with van der Waals surface area (Å²) in [6, 6.07) is 5.76. The highest BCUT2D eigenvalue weighted by Crippen LogP contribution is 2.34. The Morgan fingerprint density at radius 1 is 1.38 bits per heavy atom. The fourth-order valence-electron chi connectivity index (χ4n) is 1.88. The lowest BCUT2D eigenvalue weighted by molar-refractivity contribution is 0.390. The van der Waals surface area contributed by atoms with Crippen molar-refractivity contribution in [1.29, 1.82) is 0 Å². The number of ether oxygens (including phenoxy) is 1. The van der Waals surface area contributed by atoms with Crippen LogP contribution in [0.3, 0.4) is 0 Å². The number of hydrogen-bond donors (Lipinski definition) is 1. The molecule has 2 N–H and O–H groups in total. The summed E-state index contributed by atoms with van der Waals surface area (Å²) in [5.41, 5.74) is 6.75. The van der Waals surface area contributed by atoms with Gasteiger partial charge in [-0.05, 0) is 48.6 Å². The average molecular weight is 242 g/mol. The molecule has 0 aliphatic heterocycles. The minimum absolute atomic E-state index is 0.400. The molecule has 1 aromatic rings. The first-order chi connectivity index (χ1) is 7.60. The monoisotopic (exact) mass is 241 g/mol. The Morgan fingerprint density at radius 3 is 2.62 bits per heavy atom. The molecule has 1 aromatic carbocycles. The highest BCUT2D eigenvalue weighted by molar-refractivity contribution is 6.30. The minimum atomic E-state index is 0.400. The van der Waals surface area contributed by atoms with Crippen molar-refractivity contribution >= 4 is 11.6 Å². The van der Waals surface area contributed by atoms with Crippen LogP contribution in [0.4, 0.5) is 0 Å². The molecule has 0 amide bonds. The Labute approximate surface area is 103 Å². The number of nitrogens with two attached hydrogens (primary N) is 1. The molecule has 0 spiro atoms. The predicted octanol–water partition coefficient (Wildman–Crippen LogP) is 3.44. The Balaban J connectivity index is 2.96. The number of methoxy groups -OCH3 is 1. The molecule has 0 fully saturated rings. The summed E-state index contributed by atoms with van der Waals surface area (Å²) < 4.78 is 5.36. The second-order valence-corrected chi connectivity index (χ2v) is 4.67. The van der Waals surface area contributed by atoms with Crippen LogP contribution in [-0.4, -0.2) is 13.7 Å². The Morgan fingerprint density at radius 2 is 2.06 bits per heavy atom. The van der Waals surface area contributed by atoms with E-state index >= 15 is 0 Å². The summed E-state index contributed by atoms with van der Waals surface area (Å²) in [5.74, 6) is 1.83. The first-order valence-electron chi connectivity index (χ1n) is 5.63. The Kier molecular flexibility index (Phi) is 5.10. The predicted molar refractivity (Wildman–Crippen MR) is 69.3 cm³/mol. The van der Waals surface area contributed by atoms with E-state index in [0.717, 1.165) is 22.8 Å². The van der Waals surface area contributed by atoms with Gasteiger partial charge in [0.15, 0.2) is 0 Å². The molecule has 90 valence electrons. The van der Waals surface area contributed by atoms with Crippen LogP contribution in [0.2, 0.25) is 5.02 Å². The van der Waals surface area contributed by atoms with Crippen LogP contribution in [-0.2, 0) is 0 Å². The first-order valence-corrected chi connectivity index (χ1v) is 6.01. The van der Waals surface area contributed by atoms with Gasteiger partial charge in [0.1, 0.15) is 5.75 Å². The van der Waals surface area contributed by atoms with Crippen LogP contribution >= 0.6 is 11.6 Å². The quantitative estimate of drug-likeness (QED) is 0.857. The summed E-state index contributed by atoms with van der Waals surface area (Å²) in [6.07, 6.45) is 1.01. The second-order valence-electron chi connectivity index (χ2n) is 4.23. The third-order valence-corrected chi connectivity index (χ3v) is 3.39. The van der Waals surface area contributed by atoms with Gasteiger partial charge in [-0.3, -0.25) is 0 Å². The van der Waals surface area contributed by atoms with Gasteiger partial charge in [0, 0.05) is 5.02 Å². The van der Waals surface area contributed by atoms with E-state index in [1.165, 1.54) is 0 Å². The topological polar surface area (TPSA) is 35.2 Å². The van der Waals surface area contributed by atoms with Crippen molar-refractivity contribution in [3.8, 4) is 5.75 Å². The fraction of sp³-hybridized carbons (Fsp3) is 0.538. The first kappa shape index (κ1) is 13.3. The van der Waals surface area contributed by atoms with Gasteiger partial charge >= 0.3 is 0 Å². The van der Waals surface area contributed by atoms with Crippen LogP contribution < -0.4 is 10.5 Å². The van der Waals surface area contributed by atoms with Crippen molar-refractivity contribution in [2.24, 2.45) is 11.7 Å². The Bertz CT molecular complexity index is 341. The SMILES string of the molecule is COc1ccc(Cl)cc1C(C)C(C)CCN. The summed E-state index contributed by atoms with van der Waals surface area (Å²) >= 11 is 6.02. The lowest BCUT2D eigenvalue weighted by Crippen LogP contribution is -2.12. The molecule has 0 heterocycles. The van der Waals surface area contributed by atoms with Crippen molar-refractivity contribution in [3.63, 3.8) is 0 Å². The lowest BCUT2D eigenvalue weighted by Gasteiger charge is -2.22. The highest BCUT2D eigenvalue weighted by Gasteiger charge is 2.17. The molecule has 3 heteroatoms. The third-order valence-electron chi connectivity index (χ3n) is 3.16. The summed E-state index contributed by atoms with van der Waals surface area (Å²) in [7, 11) is 1.69. The van der Waals surface area contributed by atoms with Gasteiger partial charge in [-0.1, -0.05) is 25.4 Å². The number of hydrogen-bond acceptors (Lipinski definition) is 2. The fourth-order valence-corrected chi connectivity index (χ4v) is 2.06. The molecule has 16 heavy (non-hydrogen) atoms. The van der Waals surface area contributed by atoms with Crippen LogP contribution in [0.5, 0.6) is 5.75 Å². The third kappa shape index (κ3) is 3.13. The van der Waals surface area contributed by atoms with Crippen LogP contribution in [0.25, 0.3) is 0 Å². The van der Waals surface area contributed by atoms with Crippen molar-refractivity contribution < 1.29 is 4.74 Å². The van der Waals surface area contributed by atoms with Gasteiger partial charge in [0.25, 0.3) is 0 Å². The van der Waals surface area contributed by atoms with Crippen molar-refractivity contribution in [3.05, 3.63) is 28.8 Å². The summed E-state index contributed by atoms with van der Waals surface area (Å²) in [6.45, 7) is 5.11. The van der Waals surface area contributed by atoms with Gasteiger partial charge in [-0.2, -0.15) is 0 Å². The van der Waals surface area contributed by atoms with Crippen LogP contribution in [0, 0.1) is 5.92 Å². The smallest absolute Gasteiger partial charge is 0.122 e. The number of rotatable bonds is 5. The summed E-state index contributed by atoms with van der Waals surface area (Å²) in [4.78, 5) is 0. The lowest BCUT2D eigenvalue weighted by atomic mass is 9.86. The van der Waals surface area contributed by atoms with Crippen molar-refractivity contribution in [2.45, 2.75) is 26.2 Å². The molecule has 0 aliphatic carbocycles. The zero-order chi connectivity index (χ0) is 12.1. The second kappa shape index (κ2) is 6.12. The molecule has 2 nitrogen and oxygen atoms in total. The molecule has 0 aliphatic rings. The standard InChI is InChI=1S/C13H20ClNO/c1-9(6-7-15)10(2)12-8-11(14)4-5-13(12)16-3/h4-5,8-10H,6-7,15H2,1-3H3. The normalized spacial score (nSPS) is 14.6. The van der Waals surface area contributed by atoms with Gasteiger partial charge in [-0.25, -0.2) is 0 Å². The van der Waals surface area contributed by atoms with E-state index in [1.807, 2.05) is 18.2 Å². The largest absolute Gasteiger partial charge is 0.496 e. The summed E-state index contributed by atoms with van der Waals surface area (Å²) in [5, 5.41) is 0.752. The molecule has 2 atom stereocenters. The number of halogens is 1. The zero-order valence-electron chi connectivity index (χ0n) is 10.2. The van der Waals surface area contributed by atoms with Gasteiger partial charge in [0.05, 0.1) is 7.11 Å². The maximum atomic E-state index is 6.02. The number of benzene rings is 1. The molecule has 0 saturated carbocycles. The molecular formula is C13H20ClNO. The maximum Gasteiger partial charge on any atom is 0.122 e. The van der Waals surface area contributed by atoms with Gasteiger partial charge in [0.2, 0.25) is 0 Å². The van der Waals surface area contributed by atoms with Crippen LogP contribution in [0.15, 0.2) is 18.2 Å². The van der Waals surface area contributed by atoms with Crippen molar-refractivity contribution in [1.82, 2.24) is 0 Å². The zero-order valence-corrected chi connectivity index (χ0v) is 10.9. The molecule has 0 radical (unpaired) electrons. The van der Waals surface area contributed by atoms with E-state index in [1.54, 1.807) is 7.11 Å². The Hall–Kier alpha value is -0.730. The maximum absolute atomic E-state index is 6.02. The molecule has 0 bridgehead atoms. The molecular weight excluding hydrogens is 222 g/mol. The van der Waals surface area contributed by atoms with E-state index < -0.39 is 0 Å². The van der Waals surface area contributed by atoms with E-state index in [-0.39, 0.29) is 0 Å². The van der Waals surface area contributed by atoms with Gasteiger partial charge in [-0.15, -0.1) is 0 Å². The molecule has 1 rings (SSSR count). The van der Waals surface area contributed by atoms with Crippen LogP contribution in [0.1, 0.15) is 31.7 Å². The molecule has 0 aromatic heterocycles.